The maximum atomic E-state index is 11.5. The van der Waals surface area contributed by atoms with Crippen molar-refractivity contribution < 1.29 is 22.4 Å². The summed E-state index contributed by atoms with van der Waals surface area (Å²) in [4.78, 5) is 0. The minimum Gasteiger partial charge on any atom is -0.396 e. The van der Waals surface area contributed by atoms with Crippen LogP contribution in [0.5, 0.6) is 0 Å². The highest BCUT2D eigenvalue weighted by Crippen LogP contribution is 2.17. The van der Waals surface area contributed by atoms with Gasteiger partial charge in [0.05, 0.1) is 15.7 Å². The monoisotopic (exact) mass is 118 g/mol. The molecule has 0 saturated heterocycles. The molecular formula is C3H5F3O. The van der Waals surface area contributed by atoms with Crippen LogP contribution < -0.4 is 0 Å². The third-order valence-electron chi connectivity index (χ3n) is 0.223. The van der Waals surface area contributed by atoms with Gasteiger partial charge in [0.25, 0.3) is 0 Å². The molecule has 0 aliphatic carbocycles. The Balaban J connectivity index is 4.35. The second-order valence-electron chi connectivity index (χ2n) is 0.804. The standard InChI is InChI=1S/C3H5F3O/c4-3(5,6)1-2-7/h7H,1-2H2/i1D,2D2,7D. The number of rotatable bonds is 2. The van der Waals surface area contributed by atoms with E-state index < -0.39 is 19.1 Å². The van der Waals surface area contributed by atoms with E-state index in [1.165, 1.54) is 0 Å². The van der Waals surface area contributed by atoms with Crippen LogP contribution in [0.2, 0.25) is 0 Å². The van der Waals surface area contributed by atoms with Crippen molar-refractivity contribution in [3.8, 4) is 0 Å². The van der Waals surface area contributed by atoms with Crippen LogP contribution in [0.3, 0.4) is 0 Å². The van der Waals surface area contributed by atoms with Crippen molar-refractivity contribution in [1.82, 2.24) is 0 Å². The molecule has 0 heterocycles. The first-order valence-corrected chi connectivity index (χ1v) is 1.35. The Labute approximate surface area is 44.5 Å². The zero-order chi connectivity index (χ0) is 9.28. The summed E-state index contributed by atoms with van der Waals surface area (Å²) in [7, 11) is 0. The number of hydrogen-bond donors (Lipinski definition) is 1. The topological polar surface area (TPSA) is 20.2 Å². The molecule has 0 aliphatic heterocycles. The largest absolute Gasteiger partial charge is 0.396 e. The maximum Gasteiger partial charge on any atom is 0.391 e. The lowest BCUT2D eigenvalue weighted by Crippen LogP contribution is -2.08. The third kappa shape index (κ3) is 5.75. The molecule has 0 fully saturated rings. The first kappa shape index (κ1) is 2.35. The van der Waals surface area contributed by atoms with Gasteiger partial charge in [-0.2, -0.15) is 13.2 Å². The van der Waals surface area contributed by atoms with Crippen molar-refractivity contribution in [3.63, 3.8) is 0 Å². The van der Waals surface area contributed by atoms with Crippen LogP contribution in [0.25, 0.3) is 0 Å². The molecule has 0 rings (SSSR count). The predicted molar refractivity (Wildman–Crippen MR) is 17.8 cm³/mol. The second-order valence-corrected chi connectivity index (χ2v) is 0.804. The number of hydrogen-bond acceptors (Lipinski definition) is 1. The fraction of sp³-hybridized carbons (Fsp3) is 1.00. The van der Waals surface area contributed by atoms with Crippen molar-refractivity contribution in [1.29, 1.82) is 1.43 Å². The highest BCUT2D eigenvalue weighted by atomic mass is 19.4. The fourth-order valence-corrected chi connectivity index (χ4v) is 0.0668. The lowest BCUT2D eigenvalue weighted by molar-refractivity contribution is -0.141. The van der Waals surface area contributed by atoms with Gasteiger partial charge in [0.15, 0.2) is 0 Å². The lowest BCUT2D eigenvalue weighted by atomic mass is 10.5. The zero-order valence-corrected chi connectivity index (χ0v) is 3.12. The van der Waals surface area contributed by atoms with Crippen LogP contribution in [0.15, 0.2) is 0 Å². The van der Waals surface area contributed by atoms with E-state index in [9.17, 15) is 13.2 Å². The average molecular weight is 118 g/mol. The molecule has 0 bridgehead atoms. The van der Waals surface area contributed by atoms with E-state index >= 15 is 0 Å². The summed E-state index contributed by atoms with van der Waals surface area (Å²) in [5.41, 5.74) is 0. The smallest absolute Gasteiger partial charge is 0.391 e. The van der Waals surface area contributed by atoms with Gasteiger partial charge in [0.1, 0.15) is 0 Å². The van der Waals surface area contributed by atoms with Crippen LogP contribution in [0.1, 0.15) is 10.5 Å². The summed E-state index contributed by atoms with van der Waals surface area (Å²) in [5.74, 6) is 0. The van der Waals surface area contributed by atoms with Gasteiger partial charge in [-0.3, -0.25) is 0 Å². The summed E-state index contributed by atoms with van der Waals surface area (Å²) >= 11 is 0. The van der Waals surface area contributed by atoms with Gasteiger partial charge in [0, 0.05) is 1.37 Å². The van der Waals surface area contributed by atoms with Crippen molar-refractivity contribution in [2.45, 2.75) is 12.6 Å². The van der Waals surface area contributed by atoms with Gasteiger partial charge in [-0.25, -0.2) is 0 Å². The van der Waals surface area contributed by atoms with Gasteiger partial charge < -0.3 is 5.11 Å². The van der Waals surface area contributed by atoms with Crippen LogP contribution in [-0.2, 0) is 0 Å². The van der Waals surface area contributed by atoms with E-state index in [0.29, 0.717) is 0 Å². The molecule has 0 spiro atoms. The first-order valence-electron chi connectivity index (χ1n) is 3.33. The molecule has 0 amide bonds. The Morgan fingerprint density at radius 2 is 2.29 bits per heavy atom. The number of alkyl halides is 3. The van der Waals surface area contributed by atoms with Crippen LogP contribution in [0.4, 0.5) is 13.2 Å². The van der Waals surface area contributed by atoms with Crippen LogP contribution in [0, 0.1) is 0 Å². The van der Waals surface area contributed by atoms with Gasteiger partial charge in [0.2, 0.25) is 1.43 Å². The second kappa shape index (κ2) is 2.16. The molecule has 0 aromatic carbocycles. The molecule has 0 saturated carbocycles. The molecule has 1 nitrogen and oxygen atoms in total. The molecule has 1 atom stereocenters. The molecule has 1 unspecified atom stereocenters. The average Bonchev–Trinajstić information content (AvgIpc) is 1.84. The first-order chi connectivity index (χ1) is 4.72. The Bertz CT molecular complexity index is 135. The van der Waals surface area contributed by atoms with Gasteiger partial charge >= 0.3 is 6.18 Å². The normalized spacial score (nSPS) is 26.7. The molecular weight excluding hydrogens is 109 g/mol. The van der Waals surface area contributed by atoms with Crippen LogP contribution in [-0.4, -0.2) is 19.3 Å². The summed E-state index contributed by atoms with van der Waals surface area (Å²) in [6, 6.07) is 0. The van der Waals surface area contributed by atoms with E-state index in [-0.39, 0.29) is 0 Å². The molecule has 1 N–H and O–H groups in total. The predicted octanol–water partition coefficient (Wildman–Crippen LogP) is 0.931. The van der Waals surface area contributed by atoms with Gasteiger partial charge in [-0.15, -0.1) is 0 Å². The van der Waals surface area contributed by atoms with Gasteiger partial charge in [-0.05, 0) is 0 Å². The molecule has 0 aliphatic rings. The number of halogens is 3. The highest BCUT2D eigenvalue weighted by Gasteiger charge is 2.25. The van der Waals surface area contributed by atoms with E-state index in [2.05, 4.69) is 5.11 Å². The number of aliphatic hydroxyl groups is 1. The highest BCUT2D eigenvalue weighted by molar-refractivity contribution is 4.44. The minimum absolute atomic E-state index is 3.05. The van der Waals surface area contributed by atoms with E-state index in [1.807, 2.05) is 0 Å². The molecule has 7 heavy (non-hydrogen) atoms. The Morgan fingerprint density at radius 1 is 1.71 bits per heavy atom. The molecule has 44 valence electrons. The molecule has 4 heteroatoms. The van der Waals surface area contributed by atoms with E-state index in [4.69, 9.17) is 5.54 Å². The van der Waals surface area contributed by atoms with Crippen LogP contribution >= 0.6 is 0 Å². The minimum atomic E-state index is -5.01. The quantitative estimate of drug-likeness (QED) is 0.571. The SMILES string of the molecule is [2H]OC([2H])([2H])C([2H])C(F)(F)F. The van der Waals surface area contributed by atoms with Crippen molar-refractivity contribution in [2.75, 3.05) is 6.56 Å². The van der Waals surface area contributed by atoms with E-state index in [1.54, 1.807) is 0 Å². The molecule has 0 radical (unpaired) electrons. The summed E-state index contributed by atoms with van der Waals surface area (Å²) in [5, 5.41) is 3.10. The van der Waals surface area contributed by atoms with E-state index in [0.717, 1.165) is 0 Å². The third-order valence-corrected chi connectivity index (χ3v) is 0.223. The Morgan fingerprint density at radius 3 is 2.43 bits per heavy atom. The summed E-state index contributed by atoms with van der Waals surface area (Å²) in [6.45, 7) is -3.31. The lowest BCUT2D eigenvalue weighted by Gasteiger charge is -1.99. The van der Waals surface area contributed by atoms with Crippen molar-refractivity contribution in [3.05, 3.63) is 0 Å². The Kier molecular flexibility index (Phi) is 0.724. The zero-order valence-electron chi connectivity index (χ0n) is 7.12. The summed E-state index contributed by atoms with van der Waals surface area (Å²) in [6.07, 6.45) is -8.06. The van der Waals surface area contributed by atoms with Gasteiger partial charge in [-0.1, -0.05) is 0 Å². The fourth-order valence-electron chi connectivity index (χ4n) is 0.0668. The Hall–Kier alpha value is -0.250. The maximum absolute atomic E-state index is 11.5. The molecule has 0 aromatic heterocycles. The summed E-state index contributed by atoms with van der Waals surface area (Å²) < 4.78 is 59.6. The van der Waals surface area contributed by atoms with Crippen molar-refractivity contribution >= 4 is 0 Å². The van der Waals surface area contributed by atoms with Crippen molar-refractivity contribution in [2.24, 2.45) is 0 Å². The molecule has 0 aromatic rings.